The fraction of sp³-hybridized carbons (Fsp3) is 0.159. The van der Waals surface area contributed by atoms with Crippen LogP contribution in [0.25, 0.3) is 28.2 Å². The van der Waals surface area contributed by atoms with Gasteiger partial charge in [-0.3, -0.25) is 10.3 Å². The average molecular weight is 666 g/mol. The van der Waals surface area contributed by atoms with Gasteiger partial charge in [-0.25, -0.2) is 10.8 Å². The van der Waals surface area contributed by atoms with Gasteiger partial charge in [0.25, 0.3) is 0 Å². The van der Waals surface area contributed by atoms with Crippen LogP contribution >= 0.6 is 0 Å². The number of nitrogens with one attached hydrogen (secondary N) is 3. The summed E-state index contributed by atoms with van der Waals surface area (Å²) < 4.78 is 2.48. The van der Waals surface area contributed by atoms with Crippen LogP contribution in [-0.4, -0.2) is 23.1 Å². The van der Waals surface area contributed by atoms with Gasteiger partial charge in [0.2, 0.25) is 0 Å². The van der Waals surface area contributed by atoms with Crippen LogP contribution in [0.4, 0.5) is 5.69 Å². The first-order chi connectivity index (χ1) is 25.2. The number of anilines is 1. The first-order valence-corrected chi connectivity index (χ1v) is 17.9. The minimum Gasteiger partial charge on any atom is -0.387 e. The quantitative estimate of drug-likeness (QED) is 0.144. The second kappa shape index (κ2) is 12.2. The number of hydrogen-bond acceptors (Lipinski definition) is 6. The van der Waals surface area contributed by atoms with Crippen molar-refractivity contribution < 1.29 is 0 Å². The largest absolute Gasteiger partial charge is 0.387 e. The molecule has 0 amide bonds. The maximum absolute atomic E-state index is 6.53. The molecule has 2 aliphatic carbocycles. The van der Waals surface area contributed by atoms with E-state index >= 15 is 0 Å². The molecule has 4 heterocycles. The van der Waals surface area contributed by atoms with Crippen LogP contribution in [0, 0.1) is 0 Å². The third kappa shape index (κ3) is 5.08. The monoisotopic (exact) mass is 665 g/mol. The molecule has 3 aliphatic heterocycles. The highest BCUT2D eigenvalue weighted by atomic mass is 15.4. The van der Waals surface area contributed by atoms with Crippen molar-refractivity contribution in [3.63, 3.8) is 0 Å². The second-order valence-corrected chi connectivity index (χ2v) is 13.9. The lowest BCUT2D eigenvalue weighted by Crippen LogP contribution is -2.49. The minimum absolute atomic E-state index is 0.135. The Kier molecular flexibility index (Phi) is 7.15. The van der Waals surface area contributed by atoms with Crippen LogP contribution in [0.1, 0.15) is 58.4 Å². The predicted octanol–water partition coefficient (Wildman–Crippen LogP) is 7.75. The van der Waals surface area contributed by atoms with E-state index in [2.05, 4.69) is 154 Å². The number of allylic oxidation sites excluding steroid dienone is 5. The summed E-state index contributed by atoms with van der Waals surface area (Å²) >= 11 is 0. The van der Waals surface area contributed by atoms with Crippen molar-refractivity contribution in [2.75, 3.05) is 11.6 Å². The van der Waals surface area contributed by atoms with E-state index in [1.54, 1.807) is 0 Å². The molecule has 10 rings (SSSR count). The van der Waals surface area contributed by atoms with Crippen molar-refractivity contribution in [3.8, 4) is 5.69 Å². The average Bonchev–Trinajstić information content (AvgIpc) is 3.69. The first kappa shape index (κ1) is 30.0. The zero-order chi connectivity index (χ0) is 33.9. The van der Waals surface area contributed by atoms with Gasteiger partial charge >= 0.3 is 0 Å². The smallest absolute Gasteiger partial charge is 0.131 e. The molecule has 0 saturated heterocycles. The topological polar surface area (TPSA) is 82.6 Å². The summed E-state index contributed by atoms with van der Waals surface area (Å²) in [4.78, 5) is 5.11. The number of aromatic nitrogens is 1. The van der Waals surface area contributed by atoms with E-state index in [4.69, 9.17) is 10.8 Å². The Labute approximate surface area is 297 Å². The Hall–Kier alpha value is -5.89. The van der Waals surface area contributed by atoms with Crippen molar-refractivity contribution >= 4 is 34.1 Å². The molecular formula is C44H39N7. The Morgan fingerprint density at radius 2 is 1.73 bits per heavy atom. The van der Waals surface area contributed by atoms with E-state index in [1.165, 1.54) is 50.2 Å². The molecule has 0 saturated carbocycles. The first-order valence-electron chi connectivity index (χ1n) is 17.9. The number of amidine groups is 1. The Morgan fingerprint density at radius 1 is 0.824 bits per heavy atom. The molecule has 1 aromatic heterocycles. The Bertz CT molecular complexity index is 2390. The number of rotatable bonds is 5. The number of aliphatic imine (C=N–C) groups is 1. The number of hydrazine groups is 1. The molecule has 3 unspecified atom stereocenters. The molecule has 250 valence electrons. The molecule has 3 atom stereocenters. The number of benzene rings is 4. The molecule has 5 N–H and O–H groups in total. The van der Waals surface area contributed by atoms with Gasteiger partial charge in [0.15, 0.2) is 0 Å². The highest BCUT2D eigenvalue weighted by molar-refractivity contribution is 6.00. The van der Waals surface area contributed by atoms with E-state index in [0.29, 0.717) is 0 Å². The lowest BCUT2D eigenvalue weighted by molar-refractivity contribution is 0.433. The highest BCUT2D eigenvalue weighted by Gasteiger charge is 2.34. The summed E-state index contributed by atoms with van der Waals surface area (Å²) in [5.41, 5.74) is 14.6. The molecule has 5 aromatic rings. The van der Waals surface area contributed by atoms with E-state index in [1.807, 2.05) is 11.1 Å². The number of fused-ring (bicyclic) bond motifs is 6. The minimum atomic E-state index is -0.187. The number of nitrogens with zero attached hydrogens (tertiary/aromatic N) is 3. The maximum Gasteiger partial charge on any atom is 0.131 e. The molecule has 0 radical (unpaired) electrons. The molecular weight excluding hydrogens is 627 g/mol. The van der Waals surface area contributed by atoms with Crippen molar-refractivity contribution in [2.45, 2.75) is 37.5 Å². The summed E-state index contributed by atoms with van der Waals surface area (Å²) in [6, 6.07) is 34.9. The third-order valence-electron chi connectivity index (χ3n) is 10.9. The summed E-state index contributed by atoms with van der Waals surface area (Å²) in [6.45, 7) is 0.832. The summed E-state index contributed by atoms with van der Waals surface area (Å²) in [6.07, 6.45) is 18.1. The van der Waals surface area contributed by atoms with Crippen LogP contribution in [-0.2, 0) is 6.42 Å². The lowest BCUT2D eigenvalue weighted by atomic mass is 9.84. The number of hydrogen-bond donors (Lipinski definition) is 4. The summed E-state index contributed by atoms with van der Waals surface area (Å²) in [7, 11) is 0. The fourth-order valence-electron chi connectivity index (χ4n) is 8.43. The van der Waals surface area contributed by atoms with Crippen LogP contribution in [0.3, 0.4) is 0 Å². The van der Waals surface area contributed by atoms with E-state index in [9.17, 15) is 0 Å². The van der Waals surface area contributed by atoms with E-state index < -0.39 is 0 Å². The van der Waals surface area contributed by atoms with Gasteiger partial charge in [-0.05, 0) is 77.9 Å². The van der Waals surface area contributed by atoms with Gasteiger partial charge in [0.05, 0.1) is 11.2 Å². The highest BCUT2D eigenvalue weighted by Crippen LogP contribution is 2.48. The Balaban J connectivity index is 1.02. The predicted molar refractivity (Wildman–Crippen MR) is 208 cm³/mol. The van der Waals surface area contributed by atoms with Gasteiger partial charge in [-0.1, -0.05) is 97.1 Å². The molecule has 5 aliphatic rings. The molecule has 0 bridgehead atoms. The summed E-state index contributed by atoms with van der Waals surface area (Å²) in [5.74, 6) is 7.69. The number of para-hydroxylation sites is 1. The molecule has 4 aromatic carbocycles. The zero-order valence-corrected chi connectivity index (χ0v) is 28.3. The van der Waals surface area contributed by atoms with Crippen LogP contribution in [0.15, 0.2) is 150 Å². The van der Waals surface area contributed by atoms with Gasteiger partial charge < -0.3 is 15.2 Å². The molecule has 51 heavy (non-hydrogen) atoms. The van der Waals surface area contributed by atoms with E-state index in [0.717, 1.165) is 54.0 Å². The fourth-order valence-corrected chi connectivity index (χ4v) is 8.43. The maximum atomic E-state index is 6.53. The van der Waals surface area contributed by atoms with Crippen molar-refractivity contribution in [2.24, 2.45) is 10.8 Å². The van der Waals surface area contributed by atoms with Crippen molar-refractivity contribution in [3.05, 3.63) is 178 Å². The zero-order valence-electron chi connectivity index (χ0n) is 28.3. The van der Waals surface area contributed by atoms with Gasteiger partial charge in [-0.2, -0.15) is 0 Å². The van der Waals surface area contributed by atoms with Gasteiger partial charge in [-0.15, -0.1) is 0 Å². The lowest BCUT2D eigenvalue weighted by Gasteiger charge is -2.33. The number of nitrogens with two attached hydrogens (primary N) is 1. The molecule has 0 spiro atoms. The van der Waals surface area contributed by atoms with Gasteiger partial charge in [0, 0.05) is 57.8 Å². The van der Waals surface area contributed by atoms with Crippen molar-refractivity contribution in [1.82, 2.24) is 20.5 Å². The number of dihydropyridines is 1. The van der Waals surface area contributed by atoms with Crippen LogP contribution in [0.2, 0.25) is 0 Å². The summed E-state index contributed by atoms with van der Waals surface area (Å²) in [5, 5.41) is 14.0. The van der Waals surface area contributed by atoms with Crippen molar-refractivity contribution in [1.29, 1.82) is 0 Å². The SMILES string of the molecule is NN1C2=CC=C(c3ccc4c(c3)c3c(n4-c4cccc(C5NC(c6ccccc6)=NC(C6=CNCC=C6)N5)c4)CCC=C3)CC2c2ccccc21. The Morgan fingerprint density at radius 3 is 2.63 bits per heavy atom. The standard InChI is InChI=1S/C44H39N7/c45-51-40-18-7-5-16-35(40)37-26-30(20-22-41(37)51)29-19-21-39-36(25-29)34-15-4-6-17-38(34)50(39)33-14-8-12-31(24-33)43-47-42(28-10-2-1-3-11-28)48-44(49-43)32-13-9-23-46-27-32/h1-5,7-16,18-22,24-25,27,37,43-44,46,49H,6,17,23,26,45H2,(H,47,48). The normalized spacial score (nSPS) is 21.8. The van der Waals surface area contributed by atoms with Crippen LogP contribution in [0.5, 0.6) is 0 Å². The molecule has 7 nitrogen and oxygen atoms in total. The second-order valence-electron chi connectivity index (χ2n) is 13.9. The van der Waals surface area contributed by atoms with E-state index in [-0.39, 0.29) is 18.2 Å². The van der Waals surface area contributed by atoms with Crippen LogP contribution < -0.4 is 26.8 Å². The third-order valence-corrected chi connectivity index (χ3v) is 10.9. The molecule has 0 fully saturated rings. The molecule has 7 heteroatoms. The van der Waals surface area contributed by atoms with Gasteiger partial charge in [0.1, 0.15) is 18.2 Å².